The van der Waals surface area contributed by atoms with Crippen LogP contribution in [0.15, 0.2) is 36.7 Å². The van der Waals surface area contributed by atoms with Crippen molar-refractivity contribution in [3.8, 4) is 11.4 Å². The van der Waals surface area contributed by atoms with Crippen molar-refractivity contribution in [2.24, 2.45) is 0 Å². The summed E-state index contributed by atoms with van der Waals surface area (Å²) in [6.45, 7) is 4.44. The first-order valence-electron chi connectivity index (χ1n) is 13.3. The fourth-order valence-electron chi connectivity index (χ4n) is 4.14. The van der Waals surface area contributed by atoms with Gasteiger partial charge in [-0.25, -0.2) is 9.97 Å². The van der Waals surface area contributed by atoms with E-state index in [1.807, 2.05) is 24.5 Å². The van der Waals surface area contributed by atoms with Crippen LogP contribution in [-0.2, 0) is 6.42 Å². The lowest BCUT2D eigenvalue weighted by Crippen LogP contribution is -2.20. The molecule has 1 unspecified atom stereocenters. The van der Waals surface area contributed by atoms with Gasteiger partial charge in [0.15, 0.2) is 11.6 Å². The van der Waals surface area contributed by atoms with Crippen molar-refractivity contribution in [3.05, 3.63) is 47.8 Å². The Labute approximate surface area is 201 Å². The number of aromatic nitrogens is 2. The van der Waals surface area contributed by atoms with E-state index in [4.69, 9.17) is 0 Å². The second-order valence-electron chi connectivity index (χ2n) is 9.30. The van der Waals surface area contributed by atoms with E-state index in [1.165, 1.54) is 76.2 Å². The third-order valence-corrected chi connectivity index (χ3v) is 6.34. The average Bonchev–Trinajstić information content (AvgIpc) is 2.85. The molecule has 2 rings (SSSR count). The van der Waals surface area contributed by atoms with Crippen LogP contribution in [0.4, 0.5) is 0 Å². The first kappa shape index (κ1) is 27.2. The van der Waals surface area contributed by atoms with Gasteiger partial charge in [-0.15, -0.1) is 0 Å². The molecule has 0 aliphatic heterocycles. The van der Waals surface area contributed by atoms with Gasteiger partial charge in [0.2, 0.25) is 0 Å². The zero-order valence-corrected chi connectivity index (χ0v) is 20.9. The molecule has 0 spiro atoms. The predicted octanol–water partition coefficient (Wildman–Crippen LogP) is 7.73. The fourth-order valence-corrected chi connectivity index (χ4v) is 4.14. The molecule has 0 radical (unpaired) electrons. The molecule has 0 bridgehead atoms. The number of hydrogen-bond acceptors (Lipinski definition) is 4. The largest absolute Gasteiger partial charge is 0.385 e. The number of aliphatic hydroxyl groups is 1. The molecule has 2 aromatic rings. The maximum Gasteiger partial charge on any atom is 0.191 e. The summed E-state index contributed by atoms with van der Waals surface area (Å²) in [5.41, 5.74) is 2.61. The lowest BCUT2D eigenvalue weighted by Gasteiger charge is -2.10. The van der Waals surface area contributed by atoms with Gasteiger partial charge in [0, 0.05) is 23.5 Å². The number of aliphatic hydroxyl groups excluding tert-OH is 1. The number of aryl methyl sites for hydroxylation is 1. The number of carbonyl (C=O) groups excluding carboxylic acids is 1. The van der Waals surface area contributed by atoms with E-state index in [-0.39, 0.29) is 5.78 Å². The van der Waals surface area contributed by atoms with Crippen LogP contribution in [0.25, 0.3) is 11.4 Å². The lowest BCUT2D eigenvalue weighted by atomic mass is 9.99. The summed E-state index contributed by atoms with van der Waals surface area (Å²) in [5, 5.41) is 10.2. The topological polar surface area (TPSA) is 63.1 Å². The number of hydrogen-bond donors (Lipinski definition) is 1. The number of carbonyl (C=O) groups is 1. The molecule has 4 nitrogen and oxygen atoms in total. The van der Waals surface area contributed by atoms with Crippen LogP contribution in [0, 0.1) is 0 Å². The number of Topliss-reactive ketones (excluding diaryl/α,β-unsaturated/α-hetero) is 1. The predicted molar refractivity (Wildman–Crippen MR) is 137 cm³/mol. The fraction of sp³-hybridized carbons (Fsp3) is 0.621. The smallest absolute Gasteiger partial charge is 0.191 e. The van der Waals surface area contributed by atoms with Crippen LogP contribution < -0.4 is 0 Å². The minimum atomic E-state index is -0.913. The summed E-state index contributed by atoms with van der Waals surface area (Å²) in [6.07, 6.45) is 20.6. The zero-order valence-electron chi connectivity index (χ0n) is 20.9. The van der Waals surface area contributed by atoms with Crippen LogP contribution in [0.5, 0.6) is 0 Å². The molecule has 0 saturated heterocycles. The molecule has 1 aromatic carbocycles. The Morgan fingerprint density at radius 2 is 1.27 bits per heavy atom. The van der Waals surface area contributed by atoms with Crippen molar-refractivity contribution < 1.29 is 9.90 Å². The molecule has 0 aliphatic rings. The first-order chi connectivity index (χ1) is 16.2. The van der Waals surface area contributed by atoms with Gasteiger partial charge < -0.3 is 5.11 Å². The molecule has 0 saturated carbocycles. The normalized spacial score (nSPS) is 12.1. The minimum Gasteiger partial charge on any atom is -0.385 e. The van der Waals surface area contributed by atoms with Crippen molar-refractivity contribution in [2.45, 2.75) is 116 Å². The standard InChI is InChI=1S/C29H44N2O2/c1-3-5-7-9-10-11-13-14-16-24-22-30-29(31-23-24)26-20-18-25(19-21-26)28(33)27(32)17-15-12-8-6-4-2/h18-23,27,32H,3-17H2,1-2H3. The summed E-state index contributed by atoms with van der Waals surface area (Å²) >= 11 is 0. The van der Waals surface area contributed by atoms with Crippen molar-refractivity contribution in [1.29, 1.82) is 0 Å². The minimum absolute atomic E-state index is 0.196. The number of ketones is 1. The Morgan fingerprint density at radius 3 is 1.85 bits per heavy atom. The number of nitrogens with zero attached hydrogens (tertiary/aromatic N) is 2. The van der Waals surface area contributed by atoms with Crippen LogP contribution in [0.1, 0.15) is 120 Å². The van der Waals surface area contributed by atoms with Gasteiger partial charge in [-0.1, -0.05) is 115 Å². The van der Waals surface area contributed by atoms with Gasteiger partial charge >= 0.3 is 0 Å². The lowest BCUT2D eigenvalue weighted by molar-refractivity contribution is 0.0725. The molecule has 1 atom stereocenters. The molecule has 0 fully saturated rings. The highest BCUT2D eigenvalue weighted by molar-refractivity contribution is 5.99. The molecule has 0 aliphatic carbocycles. The first-order valence-corrected chi connectivity index (χ1v) is 13.3. The average molecular weight is 453 g/mol. The van der Waals surface area contributed by atoms with E-state index < -0.39 is 6.10 Å². The monoisotopic (exact) mass is 452 g/mol. The van der Waals surface area contributed by atoms with E-state index in [1.54, 1.807) is 12.1 Å². The van der Waals surface area contributed by atoms with Gasteiger partial charge in [0.1, 0.15) is 6.10 Å². The van der Waals surface area contributed by atoms with Crippen molar-refractivity contribution in [2.75, 3.05) is 0 Å². The summed E-state index contributed by atoms with van der Waals surface area (Å²) in [7, 11) is 0. The maximum absolute atomic E-state index is 12.5. The third kappa shape index (κ3) is 10.6. The second-order valence-corrected chi connectivity index (χ2v) is 9.30. The van der Waals surface area contributed by atoms with Crippen LogP contribution in [-0.4, -0.2) is 27.0 Å². The quantitative estimate of drug-likeness (QED) is 0.186. The van der Waals surface area contributed by atoms with E-state index in [9.17, 15) is 9.90 Å². The van der Waals surface area contributed by atoms with Crippen LogP contribution in [0.2, 0.25) is 0 Å². The van der Waals surface area contributed by atoms with Gasteiger partial charge in [-0.05, 0) is 24.8 Å². The third-order valence-electron chi connectivity index (χ3n) is 6.34. The summed E-state index contributed by atoms with van der Waals surface area (Å²) in [6, 6.07) is 7.29. The zero-order chi connectivity index (χ0) is 23.7. The second kappa shape index (κ2) is 16.5. The van der Waals surface area contributed by atoms with Crippen molar-refractivity contribution >= 4 is 5.78 Å². The molecular weight excluding hydrogens is 408 g/mol. The highest BCUT2D eigenvalue weighted by atomic mass is 16.3. The molecule has 182 valence electrons. The Balaban J connectivity index is 1.74. The summed E-state index contributed by atoms with van der Waals surface area (Å²) in [5.74, 6) is 0.476. The van der Waals surface area contributed by atoms with Gasteiger partial charge in [-0.3, -0.25) is 4.79 Å². The number of unbranched alkanes of at least 4 members (excludes halogenated alkanes) is 11. The highest BCUT2D eigenvalue weighted by Crippen LogP contribution is 2.18. The van der Waals surface area contributed by atoms with Crippen LogP contribution in [0.3, 0.4) is 0 Å². The Kier molecular flexibility index (Phi) is 13.6. The SMILES string of the molecule is CCCCCCCCCCc1cnc(-c2ccc(C(=O)C(O)CCCCCCC)cc2)nc1. The Bertz CT molecular complexity index is 771. The number of rotatable bonds is 18. The Hall–Kier alpha value is -2.07. The van der Waals surface area contributed by atoms with E-state index in [0.29, 0.717) is 17.8 Å². The molecule has 4 heteroatoms. The molecule has 1 N–H and O–H groups in total. The highest BCUT2D eigenvalue weighted by Gasteiger charge is 2.17. The molecule has 33 heavy (non-hydrogen) atoms. The molecule has 0 amide bonds. The molecular formula is C29H44N2O2. The van der Waals surface area contributed by atoms with Crippen molar-refractivity contribution in [1.82, 2.24) is 9.97 Å². The van der Waals surface area contributed by atoms with Gasteiger partial charge in [-0.2, -0.15) is 0 Å². The summed E-state index contributed by atoms with van der Waals surface area (Å²) in [4.78, 5) is 21.5. The van der Waals surface area contributed by atoms with Crippen LogP contribution >= 0.6 is 0 Å². The Morgan fingerprint density at radius 1 is 0.758 bits per heavy atom. The molecule has 1 heterocycles. The maximum atomic E-state index is 12.5. The van der Waals surface area contributed by atoms with E-state index >= 15 is 0 Å². The van der Waals surface area contributed by atoms with E-state index in [0.717, 1.165) is 24.8 Å². The number of benzene rings is 1. The van der Waals surface area contributed by atoms with E-state index in [2.05, 4.69) is 23.8 Å². The molecule has 1 aromatic heterocycles. The van der Waals surface area contributed by atoms with Gasteiger partial charge in [0.05, 0.1) is 0 Å². The van der Waals surface area contributed by atoms with Gasteiger partial charge in [0.25, 0.3) is 0 Å². The van der Waals surface area contributed by atoms with Crippen molar-refractivity contribution in [3.63, 3.8) is 0 Å². The summed E-state index contributed by atoms with van der Waals surface area (Å²) < 4.78 is 0.